The SMILES string of the molecule is CSCCC(=O)N(CC1CNCC1F)C(c1ncc(-c2cc(F)ccc2F)[nH]1)C1CCOCC1. The van der Waals surface area contributed by atoms with Crippen LogP contribution in [0.25, 0.3) is 11.3 Å². The van der Waals surface area contributed by atoms with Crippen molar-refractivity contribution in [3.05, 3.63) is 41.9 Å². The fraction of sp³-hybridized carbons (Fsp3) is 0.583. The third-order valence-electron chi connectivity index (χ3n) is 6.67. The highest BCUT2D eigenvalue weighted by molar-refractivity contribution is 7.98. The van der Waals surface area contributed by atoms with E-state index >= 15 is 0 Å². The van der Waals surface area contributed by atoms with Crippen LogP contribution in [0, 0.1) is 23.5 Å². The monoisotopic (exact) mass is 496 g/mol. The summed E-state index contributed by atoms with van der Waals surface area (Å²) in [5.74, 6) is -0.263. The molecule has 1 aromatic heterocycles. The van der Waals surface area contributed by atoms with Crippen molar-refractivity contribution in [3.8, 4) is 11.3 Å². The van der Waals surface area contributed by atoms with Gasteiger partial charge in [-0.1, -0.05) is 0 Å². The van der Waals surface area contributed by atoms with Gasteiger partial charge in [0.05, 0.1) is 17.9 Å². The topological polar surface area (TPSA) is 70.2 Å². The van der Waals surface area contributed by atoms with E-state index < -0.39 is 23.8 Å². The molecule has 2 aromatic rings. The maximum Gasteiger partial charge on any atom is 0.224 e. The number of aromatic nitrogens is 2. The molecule has 1 aromatic carbocycles. The molecule has 2 aliphatic heterocycles. The minimum atomic E-state index is -1.03. The van der Waals surface area contributed by atoms with Crippen molar-refractivity contribution < 1.29 is 22.7 Å². The molecule has 186 valence electrons. The van der Waals surface area contributed by atoms with E-state index in [0.29, 0.717) is 43.5 Å². The highest BCUT2D eigenvalue weighted by atomic mass is 32.2. The maximum atomic E-state index is 14.6. The van der Waals surface area contributed by atoms with Gasteiger partial charge in [0.1, 0.15) is 23.6 Å². The first-order valence-corrected chi connectivity index (χ1v) is 13.1. The predicted octanol–water partition coefficient (Wildman–Crippen LogP) is 3.96. The van der Waals surface area contributed by atoms with Crippen molar-refractivity contribution in [1.82, 2.24) is 20.2 Å². The fourth-order valence-corrected chi connectivity index (χ4v) is 5.20. The second kappa shape index (κ2) is 11.6. The lowest BCUT2D eigenvalue weighted by atomic mass is 9.89. The number of benzene rings is 1. The lowest BCUT2D eigenvalue weighted by Gasteiger charge is -2.39. The molecule has 6 nitrogen and oxygen atoms in total. The van der Waals surface area contributed by atoms with Gasteiger partial charge in [0, 0.05) is 56.5 Å². The molecule has 1 amide bonds. The Labute approximate surface area is 202 Å². The molecule has 0 aliphatic carbocycles. The molecule has 3 unspecified atom stereocenters. The van der Waals surface area contributed by atoms with Crippen LogP contribution < -0.4 is 5.32 Å². The minimum Gasteiger partial charge on any atom is -0.381 e. The summed E-state index contributed by atoms with van der Waals surface area (Å²) in [6, 6.07) is 2.83. The number of carbonyl (C=O) groups is 1. The number of nitrogens with zero attached hydrogens (tertiary/aromatic N) is 2. The fourth-order valence-electron chi connectivity index (χ4n) is 4.82. The number of thioether (sulfide) groups is 1. The zero-order valence-electron chi connectivity index (χ0n) is 19.2. The molecule has 2 fully saturated rings. The van der Waals surface area contributed by atoms with Gasteiger partial charge in [-0.05, 0) is 43.2 Å². The van der Waals surface area contributed by atoms with Crippen LogP contribution in [0.1, 0.15) is 31.1 Å². The van der Waals surface area contributed by atoms with Crippen molar-refractivity contribution >= 4 is 17.7 Å². The Hall–Kier alpha value is -2.04. The van der Waals surface area contributed by atoms with E-state index in [1.807, 2.05) is 6.26 Å². The van der Waals surface area contributed by atoms with Crippen molar-refractivity contribution in [2.75, 3.05) is 44.9 Å². The van der Waals surface area contributed by atoms with E-state index in [1.54, 1.807) is 16.7 Å². The predicted molar refractivity (Wildman–Crippen MR) is 126 cm³/mol. The number of amides is 1. The first-order chi connectivity index (χ1) is 16.5. The van der Waals surface area contributed by atoms with Crippen molar-refractivity contribution in [2.24, 2.45) is 11.8 Å². The summed E-state index contributed by atoms with van der Waals surface area (Å²) in [5.41, 5.74) is 0.417. The van der Waals surface area contributed by atoms with Crippen LogP contribution in [0.2, 0.25) is 0 Å². The van der Waals surface area contributed by atoms with Gasteiger partial charge in [0.15, 0.2) is 0 Å². The minimum absolute atomic E-state index is 0.0516. The Morgan fingerprint density at radius 3 is 2.79 bits per heavy atom. The second-order valence-corrected chi connectivity index (χ2v) is 9.91. The number of rotatable bonds is 9. The van der Waals surface area contributed by atoms with E-state index in [-0.39, 0.29) is 36.4 Å². The smallest absolute Gasteiger partial charge is 0.224 e. The standard InChI is InChI=1S/C24H31F3N4O2S/c1-34-9-6-22(32)31(14-16-11-28-12-20(16)27)23(15-4-7-33-8-5-15)24-29-13-21(30-24)18-10-17(25)2-3-19(18)26/h2-3,10,13,15-16,20,23,28H,4-9,11-12,14H2,1H3,(H,29,30). The zero-order valence-corrected chi connectivity index (χ0v) is 20.1. The number of imidazole rings is 1. The number of alkyl halides is 1. The first kappa shape index (κ1) is 25.1. The van der Waals surface area contributed by atoms with Crippen LogP contribution in [0.4, 0.5) is 13.2 Å². The molecule has 0 bridgehead atoms. The molecule has 10 heteroatoms. The van der Waals surface area contributed by atoms with Crippen LogP contribution in [0.15, 0.2) is 24.4 Å². The van der Waals surface area contributed by atoms with E-state index in [0.717, 1.165) is 31.0 Å². The Morgan fingerprint density at radius 2 is 2.09 bits per heavy atom. The molecule has 4 rings (SSSR count). The van der Waals surface area contributed by atoms with Crippen molar-refractivity contribution in [2.45, 2.75) is 31.5 Å². The number of aromatic amines is 1. The van der Waals surface area contributed by atoms with Gasteiger partial charge >= 0.3 is 0 Å². The maximum absolute atomic E-state index is 14.6. The van der Waals surface area contributed by atoms with Gasteiger partial charge < -0.3 is 19.9 Å². The van der Waals surface area contributed by atoms with Crippen molar-refractivity contribution in [3.63, 3.8) is 0 Å². The van der Waals surface area contributed by atoms with Gasteiger partial charge in [0.25, 0.3) is 0 Å². The number of nitrogens with one attached hydrogen (secondary N) is 2. The summed E-state index contributed by atoms with van der Waals surface area (Å²) in [5, 5.41) is 3.07. The van der Waals surface area contributed by atoms with E-state index in [1.165, 1.54) is 6.20 Å². The molecule has 0 saturated carbocycles. The third kappa shape index (κ3) is 5.78. The van der Waals surface area contributed by atoms with Crippen molar-refractivity contribution in [1.29, 1.82) is 0 Å². The second-order valence-electron chi connectivity index (χ2n) is 8.92. The molecule has 2 aliphatic rings. The normalized spacial score (nSPS) is 22.1. The molecular weight excluding hydrogens is 465 g/mol. The van der Waals surface area contributed by atoms with Crippen LogP contribution in [-0.2, 0) is 9.53 Å². The summed E-state index contributed by atoms with van der Waals surface area (Å²) in [6.07, 6.45) is 4.17. The molecule has 2 saturated heterocycles. The summed E-state index contributed by atoms with van der Waals surface area (Å²) in [6.45, 7) is 2.19. The zero-order chi connectivity index (χ0) is 24.1. The third-order valence-corrected chi connectivity index (χ3v) is 7.28. The van der Waals surface area contributed by atoms with Crippen LogP contribution >= 0.6 is 11.8 Å². The number of carbonyl (C=O) groups excluding carboxylic acids is 1. The van der Waals surface area contributed by atoms with E-state index in [2.05, 4.69) is 15.3 Å². The van der Waals surface area contributed by atoms with Gasteiger partial charge in [-0.25, -0.2) is 18.2 Å². The number of halogens is 3. The summed E-state index contributed by atoms with van der Waals surface area (Å²) < 4.78 is 48.3. The lowest BCUT2D eigenvalue weighted by Crippen LogP contribution is -2.45. The summed E-state index contributed by atoms with van der Waals surface area (Å²) in [4.78, 5) is 22.9. The van der Waals surface area contributed by atoms with Crippen LogP contribution in [0.5, 0.6) is 0 Å². The molecule has 2 N–H and O–H groups in total. The number of hydrogen-bond donors (Lipinski definition) is 2. The largest absolute Gasteiger partial charge is 0.381 e. The number of ether oxygens (including phenoxy) is 1. The van der Waals surface area contributed by atoms with Crippen LogP contribution in [-0.4, -0.2) is 71.8 Å². The lowest BCUT2D eigenvalue weighted by molar-refractivity contribution is -0.136. The molecule has 34 heavy (non-hydrogen) atoms. The van der Waals surface area contributed by atoms with E-state index in [9.17, 15) is 18.0 Å². The molecule has 3 atom stereocenters. The molecule has 0 spiro atoms. The van der Waals surface area contributed by atoms with Crippen LogP contribution in [0.3, 0.4) is 0 Å². The average Bonchev–Trinajstić information content (AvgIpc) is 3.48. The Balaban J connectivity index is 1.70. The average molecular weight is 497 g/mol. The number of H-pyrrole nitrogens is 1. The first-order valence-electron chi connectivity index (χ1n) is 11.7. The van der Waals surface area contributed by atoms with Gasteiger partial charge in [-0.2, -0.15) is 11.8 Å². The summed E-state index contributed by atoms with van der Waals surface area (Å²) >= 11 is 1.58. The van der Waals surface area contributed by atoms with Gasteiger partial charge in [0.2, 0.25) is 5.91 Å². The van der Waals surface area contributed by atoms with E-state index in [4.69, 9.17) is 4.74 Å². The molecular formula is C24H31F3N4O2S. The Bertz CT molecular complexity index is 969. The highest BCUT2D eigenvalue weighted by Crippen LogP contribution is 2.36. The quantitative estimate of drug-likeness (QED) is 0.550. The van der Waals surface area contributed by atoms with Gasteiger partial charge in [-0.3, -0.25) is 4.79 Å². The molecule has 0 radical (unpaired) electrons. The highest BCUT2D eigenvalue weighted by Gasteiger charge is 2.38. The Morgan fingerprint density at radius 1 is 1.29 bits per heavy atom. The summed E-state index contributed by atoms with van der Waals surface area (Å²) in [7, 11) is 0. The Kier molecular flexibility index (Phi) is 8.55. The van der Waals surface area contributed by atoms with Gasteiger partial charge in [-0.15, -0.1) is 0 Å². The number of hydrogen-bond acceptors (Lipinski definition) is 5. The molecule has 3 heterocycles.